The molecular weight excluding hydrogens is 332 g/mol. The van der Waals surface area contributed by atoms with Crippen molar-refractivity contribution < 1.29 is 23.8 Å². The smallest absolute Gasteiger partial charge is 0.305 e. The molecule has 0 fully saturated rings. The number of carbonyl (C=O) groups excluding carboxylic acids is 2. The van der Waals surface area contributed by atoms with Crippen molar-refractivity contribution in [3.8, 4) is 0 Å². The summed E-state index contributed by atoms with van der Waals surface area (Å²) in [6.45, 7) is 5.94. The van der Waals surface area contributed by atoms with Crippen LogP contribution in [-0.4, -0.2) is 38.4 Å². The molecule has 0 unspecified atom stereocenters. The van der Waals surface area contributed by atoms with Crippen LogP contribution in [0.25, 0.3) is 0 Å². The van der Waals surface area contributed by atoms with Crippen molar-refractivity contribution in [2.24, 2.45) is 0 Å². The lowest BCUT2D eigenvalue weighted by molar-refractivity contribution is -0.146. The third kappa shape index (κ3) is 19.2. The molecule has 0 saturated carbocycles. The molecule has 0 saturated heterocycles. The van der Waals surface area contributed by atoms with Gasteiger partial charge >= 0.3 is 11.9 Å². The van der Waals surface area contributed by atoms with E-state index in [1.54, 1.807) is 0 Å². The van der Waals surface area contributed by atoms with E-state index in [-0.39, 0.29) is 31.4 Å². The fourth-order valence-electron chi connectivity index (χ4n) is 2.66. The summed E-state index contributed by atoms with van der Waals surface area (Å²) in [6, 6.07) is 0. The summed E-state index contributed by atoms with van der Waals surface area (Å²) in [4.78, 5) is 23.0. The van der Waals surface area contributed by atoms with Crippen LogP contribution in [0.2, 0.25) is 0 Å². The van der Waals surface area contributed by atoms with Crippen molar-refractivity contribution in [3.05, 3.63) is 0 Å². The maximum Gasteiger partial charge on any atom is 0.305 e. The normalized spacial score (nSPS) is 10.7. The topological polar surface area (TPSA) is 61.8 Å². The van der Waals surface area contributed by atoms with Gasteiger partial charge in [-0.1, -0.05) is 64.7 Å². The SMILES string of the molecule is CCCCCCCCCCCCOC(=O)CCCC(=O)OCCOCC. The average Bonchev–Trinajstić information content (AvgIpc) is 2.63. The summed E-state index contributed by atoms with van der Waals surface area (Å²) in [6.07, 6.45) is 13.6. The number of ether oxygens (including phenoxy) is 3. The molecule has 0 aromatic heterocycles. The second-order valence-electron chi connectivity index (χ2n) is 6.67. The van der Waals surface area contributed by atoms with Gasteiger partial charge in [-0.05, 0) is 19.8 Å². The lowest BCUT2D eigenvalue weighted by Crippen LogP contribution is -2.11. The Morgan fingerprint density at radius 3 is 1.62 bits per heavy atom. The second-order valence-corrected chi connectivity index (χ2v) is 6.67. The molecular formula is C21H40O5. The van der Waals surface area contributed by atoms with E-state index >= 15 is 0 Å². The van der Waals surface area contributed by atoms with Gasteiger partial charge in [0.15, 0.2) is 0 Å². The maximum absolute atomic E-state index is 11.6. The van der Waals surface area contributed by atoms with Gasteiger partial charge in [-0.25, -0.2) is 0 Å². The van der Waals surface area contributed by atoms with Crippen LogP contribution >= 0.6 is 0 Å². The van der Waals surface area contributed by atoms with E-state index in [9.17, 15) is 9.59 Å². The van der Waals surface area contributed by atoms with E-state index < -0.39 is 0 Å². The summed E-state index contributed by atoms with van der Waals surface area (Å²) in [7, 11) is 0. The first-order valence-corrected chi connectivity index (χ1v) is 10.6. The van der Waals surface area contributed by atoms with Crippen LogP contribution in [0.4, 0.5) is 0 Å². The summed E-state index contributed by atoms with van der Waals surface area (Å²) < 4.78 is 15.3. The van der Waals surface area contributed by atoms with Gasteiger partial charge in [0.25, 0.3) is 0 Å². The Balaban J connectivity index is 3.28. The largest absolute Gasteiger partial charge is 0.466 e. The standard InChI is InChI=1S/C21H40O5/c1-3-5-6-7-8-9-10-11-12-13-17-25-20(22)15-14-16-21(23)26-19-18-24-4-2/h3-19H2,1-2H3. The van der Waals surface area contributed by atoms with E-state index in [0.717, 1.165) is 12.8 Å². The average molecular weight is 373 g/mol. The fourth-order valence-corrected chi connectivity index (χ4v) is 2.66. The minimum absolute atomic E-state index is 0.219. The van der Waals surface area contributed by atoms with E-state index in [1.807, 2.05) is 6.92 Å². The molecule has 0 atom stereocenters. The van der Waals surface area contributed by atoms with Crippen LogP contribution < -0.4 is 0 Å². The highest BCUT2D eigenvalue weighted by Crippen LogP contribution is 2.10. The Morgan fingerprint density at radius 2 is 1.08 bits per heavy atom. The van der Waals surface area contributed by atoms with Crippen LogP contribution in [0.3, 0.4) is 0 Å². The molecule has 0 radical (unpaired) electrons. The number of esters is 2. The number of carbonyl (C=O) groups is 2. The Bertz CT molecular complexity index is 330. The van der Waals surface area contributed by atoms with Gasteiger partial charge in [-0.3, -0.25) is 9.59 Å². The van der Waals surface area contributed by atoms with Gasteiger partial charge in [-0.15, -0.1) is 0 Å². The third-order valence-corrected chi connectivity index (χ3v) is 4.22. The number of unbranched alkanes of at least 4 members (excludes halogenated alkanes) is 9. The number of rotatable bonds is 19. The van der Waals surface area contributed by atoms with Gasteiger partial charge < -0.3 is 14.2 Å². The van der Waals surface area contributed by atoms with E-state index in [1.165, 1.54) is 51.4 Å². The quantitative estimate of drug-likeness (QED) is 0.230. The minimum Gasteiger partial charge on any atom is -0.466 e. The van der Waals surface area contributed by atoms with Crippen molar-refractivity contribution in [1.29, 1.82) is 0 Å². The lowest BCUT2D eigenvalue weighted by Gasteiger charge is -2.06. The van der Waals surface area contributed by atoms with Crippen molar-refractivity contribution in [2.75, 3.05) is 26.4 Å². The van der Waals surface area contributed by atoms with E-state index in [4.69, 9.17) is 14.2 Å². The van der Waals surface area contributed by atoms with Crippen molar-refractivity contribution in [3.63, 3.8) is 0 Å². The monoisotopic (exact) mass is 372 g/mol. The molecule has 0 amide bonds. The van der Waals surface area contributed by atoms with Gasteiger partial charge in [0, 0.05) is 19.4 Å². The van der Waals surface area contributed by atoms with Crippen LogP contribution in [-0.2, 0) is 23.8 Å². The highest BCUT2D eigenvalue weighted by molar-refractivity contribution is 5.72. The van der Waals surface area contributed by atoms with Crippen molar-refractivity contribution in [2.45, 2.75) is 97.3 Å². The van der Waals surface area contributed by atoms with Crippen LogP contribution in [0.15, 0.2) is 0 Å². The van der Waals surface area contributed by atoms with Gasteiger partial charge in [-0.2, -0.15) is 0 Å². The molecule has 5 nitrogen and oxygen atoms in total. The molecule has 0 bridgehead atoms. The van der Waals surface area contributed by atoms with E-state index in [2.05, 4.69) is 6.92 Å². The van der Waals surface area contributed by atoms with Gasteiger partial charge in [0.05, 0.1) is 13.2 Å². The third-order valence-electron chi connectivity index (χ3n) is 4.22. The predicted octanol–water partition coefficient (Wildman–Crippen LogP) is 5.20. The molecule has 0 aliphatic carbocycles. The first-order chi connectivity index (χ1) is 12.7. The summed E-state index contributed by atoms with van der Waals surface area (Å²) in [5.74, 6) is -0.504. The van der Waals surface area contributed by atoms with Crippen LogP contribution in [0, 0.1) is 0 Å². The van der Waals surface area contributed by atoms with Crippen molar-refractivity contribution >= 4 is 11.9 Å². The Labute approximate surface area is 160 Å². The highest BCUT2D eigenvalue weighted by Gasteiger charge is 2.07. The summed E-state index contributed by atoms with van der Waals surface area (Å²) >= 11 is 0. The zero-order valence-corrected chi connectivity index (χ0v) is 17.1. The van der Waals surface area contributed by atoms with Crippen LogP contribution in [0.1, 0.15) is 97.3 Å². The fraction of sp³-hybridized carbons (Fsp3) is 0.905. The molecule has 0 spiro atoms. The molecule has 26 heavy (non-hydrogen) atoms. The highest BCUT2D eigenvalue weighted by atomic mass is 16.6. The molecule has 5 heteroatoms. The van der Waals surface area contributed by atoms with Gasteiger partial charge in [0.1, 0.15) is 6.61 Å². The lowest BCUT2D eigenvalue weighted by atomic mass is 10.1. The molecule has 0 heterocycles. The minimum atomic E-state index is -0.285. The maximum atomic E-state index is 11.6. The molecule has 154 valence electrons. The van der Waals surface area contributed by atoms with Gasteiger partial charge in [0.2, 0.25) is 0 Å². The molecule has 0 rings (SSSR count). The number of hydrogen-bond donors (Lipinski definition) is 0. The zero-order chi connectivity index (χ0) is 19.3. The molecule has 0 aromatic rings. The summed E-state index contributed by atoms with van der Waals surface area (Å²) in [5.41, 5.74) is 0. The zero-order valence-electron chi connectivity index (χ0n) is 17.1. The second kappa shape index (κ2) is 20.2. The van der Waals surface area contributed by atoms with Crippen molar-refractivity contribution in [1.82, 2.24) is 0 Å². The first kappa shape index (κ1) is 24.9. The predicted molar refractivity (Wildman–Crippen MR) is 104 cm³/mol. The molecule has 0 aliphatic heterocycles. The summed E-state index contributed by atoms with van der Waals surface area (Å²) in [5, 5.41) is 0. The molecule has 0 N–H and O–H groups in total. The number of hydrogen-bond acceptors (Lipinski definition) is 5. The Kier molecular flexibility index (Phi) is 19.4. The van der Waals surface area contributed by atoms with E-state index in [0.29, 0.717) is 26.2 Å². The Hall–Kier alpha value is -1.10. The first-order valence-electron chi connectivity index (χ1n) is 10.6. The van der Waals surface area contributed by atoms with Crippen LogP contribution in [0.5, 0.6) is 0 Å². The Morgan fingerprint density at radius 1 is 0.577 bits per heavy atom. The molecule has 0 aliphatic rings. The molecule has 0 aromatic carbocycles.